The highest BCUT2D eigenvalue weighted by atomic mass is 31.2. The van der Waals surface area contributed by atoms with Crippen molar-refractivity contribution in [3.05, 3.63) is 29.8 Å². The fourth-order valence-electron chi connectivity index (χ4n) is 1.40. The summed E-state index contributed by atoms with van der Waals surface area (Å²) in [6, 6.07) is 7.83. The predicted octanol–water partition coefficient (Wildman–Crippen LogP) is 1.44. The Morgan fingerprint density at radius 1 is 1.31 bits per heavy atom. The van der Waals surface area contributed by atoms with Crippen molar-refractivity contribution >= 4 is 12.4 Å². The van der Waals surface area contributed by atoms with Gasteiger partial charge < -0.3 is 10.3 Å². The number of hydrogen-bond donors (Lipinski definition) is 1. The van der Waals surface area contributed by atoms with Crippen LogP contribution in [0.1, 0.15) is 5.56 Å². The smallest absolute Gasteiger partial charge is 0.110 e. The van der Waals surface area contributed by atoms with Crippen LogP contribution < -0.4 is 11.0 Å². The standard InChI is InChI=1S/C10H16NOP/c1-13(2,12)10-6-4-3-5-9(10)7-8-11/h3-6H,7-8,11H2,1-2H3. The first-order valence-corrected chi connectivity index (χ1v) is 6.99. The van der Waals surface area contributed by atoms with Gasteiger partial charge in [-0.15, -0.1) is 0 Å². The third-order valence-electron chi connectivity index (χ3n) is 1.99. The topological polar surface area (TPSA) is 43.1 Å². The molecule has 0 heterocycles. The summed E-state index contributed by atoms with van der Waals surface area (Å²) in [5, 5.41) is 0.973. The molecular weight excluding hydrogens is 181 g/mol. The van der Waals surface area contributed by atoms with Crippen molar-refractivity contribution in [1.29, 1.82) is 0 Å². The lowest BCUT2D eigenvalue weighted by atomic mass is 10.1. The van der Waals surface area contributed by atoms with Crippen molar-refractivity contribution < 1.29 is 4.57 Å². The number of hydrogen-bond acceptors (Lipinski definition) is 2. The molecule has 0 radical (unpaired) electrons. The van der Waals surface area contributed by atoms with E-state index in [4.69, 9.17) is 5.73 Å². The highest BCUT2D eigenvalue weighted by Gasteiger charge is 2.14. The van der Waals surface area contributed by atoms with Gasteiger partial charge in [0, 0.05) is 5.30 Å². The molecule has 0 saturated carbocycles. The fraction of sp³-hybridized carbons (Fsp3) is 0.400. The van der Waals surface area contributed by atoms with Crippen LogP contribution in [-0.2, 0) is 11.0 Å². The van der Waals surface area contributed by atoms with Crippen LogP contribution in [-0.4, -0.2) is 19.9 Å². The summed E-state index contributed by atoms with van der Waals surface area (Å²) >= 11 is 0. The molecule has 0 atom stereocenters. The molecule has 0 unspecified atom stereocenters. The lowest BCUT2D eigenvalue weighted by molar-refractivity contribution is 0.588. The Balaban J connectivity index is 3.12. The molecule has 0 aromatic heterocycles. The van der Waals surface area contributed by atoms with Crippen LogP contribution in [0.25, 0.3) is 0 Å². The zero-order valence-corrected chi connectivity index (χ0v) is 9.05. The second-order valence-corrected chi connectivity index (χ2v) is 6.70. The molecule has 0 saturated heterocycles. The molecule has 0 spiro atoms. The highest BCUT2D eigenvalue weighted by molar-refractivity contribution is 7.70. The monoisotopic (exact) mass is 197 g/mol. The Bertz CT molecular complexity index is 329. The molecule has 0 amide bonds. The van der Waals surface area contributed by atoms with E-state index in [1.807, 2.05) is 24.3 Å². The van der Waals surface area contributed by atoms with Gasteiger partial charge in [-0.05, 0) is 31.9 Å². The van der Waals surface area contributed by atoms with Gasteiger partial charge in [0.05, 0.1) is 0 Å². The normalized spacial score (nSPS) is 11.6. The Morgan fingerprint density at radius 2 is 1.92 bits per heavy atom. The zero-order valence-electron chi connectivity index (χ0n) is 8.16. The van der Waals surface area contributed by atoms with Crippen LogP contribution in [0.15, 0.2) is 24.3 Å². The van der Waals surface area contributed by atoms with E-state index in [0.29, 0.717) is 6.54 Å². The second-order valence-electron chi connectivity index (χ2n) is 3.52. The van der Waals surface area contributed by atoms with E-state index in [0.717, 1.165) is 17.3 Å². The maximum atomic E-state index is 11.9. The van der Waals surface area contributed by atoms with E-state index in [9.17, 15) is 4.57 Å². The first kappa shape index (κ1) is 10.5. The summed E-state index contributed by atoms with van der Waals surface area (Å²) in [5.41, 5.74) is 6.61. The molecule has 2 N–H and O–H groups in total. The minimum atomic E-state index is -2.14. The van der Waals surface area contributed by atoms with Crippen LogP contribution in [0.3, 0.4) is 0 Å². The van der Waals surface area contributed by atoms with Gasteiger partial charge in [-0.2, -0.15) is 0 Å². The Labute approximate surface area is 79.5 Å². The van der Waals surface area contributed by atoms with Crippen molar-refractivity contribution in [2.45, 2.75) is 6.42 Å². The first-order valence-electron chi connectivity index (χ1n) is 4.39. The van der Waals surface area contributed by atoms with E-state index in [2.05, 4.69) is 0 Å². The lowest BCUT2D eigenvalue weighted by Crippen LogP contribution is -2.14. The third-order valence-corrected chi connectivity index (χ3v) is 3.58. The van der Waals surface area contributed by atoms with Gasteiger partial charge in [-0.3, -0.25) is 0 Å². The van der Waals surface area contributed by atoms with Crippen LogP contribution in [0.2, 0.25) is 0 Å². The van der Waals surface area contributed by atoms with E-state index < -0.39 is 7.14 Å². The summed E-state index contributed by atoms with van der Waals surface area (Å²) in [6.07, 6.45) is 0.807. The van der Waals surface area contributed by atoms with Gasteiger partial charge in [0.2, 0.25) is 0 Å². The van der Waals surface area contributed by atoms with Crippen molar-refractivity contribution in [3.63, 3.8) is 0 Å². The second kappa shape index (κ2) is 4.08. The Morgan fingerprint density at radius 3 is 2.46 bits per heavy atom. The molecule has 0 fully saturated rings. The lowest BCUT2D eigenvalue weighted by Gasteiger charge is -2.12. The summed E-state index contributed by atoms with van der Waals surface area (Å²) in [4.78, 5) is 0. The minimum Gasteiger partial charge on any atom is -0.330 e. The van der Waals surface area contributed by atoms with Gasteiger partial charge in [0.15, 0.2) is 0 Å². The summed E-state index contributed by atoms with van der Waals surface area (Å²) in [6.45, 7) is 4.20. The van der Waals surface area contributed by atoms with Crippen LogP contribution >= 0.6 is 7.14 Å². The molecule has 1 rings (SSSR count). The quantitative estimate of drug-likeness (QED) is 0.745. The first-order chi connectivity index (χ1) is 6.05. The van der Waals surface area contributed by atoms with Gasteiger partial charge in [0.1, 0.15) is 7.14 Å². The van der Waals surface area contributed by atoms with E-state index >= 15 is 0 Å². The van der Waals surface area contributed by atoms with Crippen molar-refractivity contribution in [1.82, 2.24) is 0 Å². The predicted molar refractivity (Wildman–Crippen MR) is 58.3 cm³/mol. The molecule has 3 heteroatoms. The van der Waals surface area contributed by atoms with Crippen LogP contribution in [0.4, 0.5) is 0 Å². The van der Waals surface area contributed by atoms with Crippen LogP contribution in [0.5, 0.6) is 0 Å². The molecule has 13 heavy (non-hydrogen) atoms. The Kier molecular flexibility index (Phi) is 3.29. The average molecular weight is 197 g/mol. The molecule has 0 bridgehead atoms. The summed E-state index contributed by atoms with van der Waals surface area (Å²) < 4.78 is 11.9. The van der Waals surface area contributed by atoms with Crippen molar-refractivity contribution in [2.24, 2.45) is 5.73 Å². The molecular formula is C10H16NOP. The van der Waals surface area contributed by atoms with Gasteiger partial charge >= 0.3 is 0 Å². The molecule has 1 aromatic carbocycles. The fourth-order valence-corrected chi connectivity index (χ4v) is 2.73. The molecule has 0 aliphatic heterocycles. The Hall–Kier alpha value is -0.590. The molecule has 0 aliphatic carbocycles. The third kappa shape index (κ3) is 2.68. The van der Waals surface area contributed by atoms with Gasteiger partial charge in [-0.1, -0.05) is 24.3 Å². The summed E-state index contributed by atoms with van der Waals surface area (Å²) in [7, 11) is -2.14. The molecule has 72 valence electrons. The zero-order chi connectivity index (χ0) is 9.90. The largest absolute Gasteiger partial charge is 0.330 e. The summed E-state index contributed by atoms with van der Waals surface area (Å²) in [5.74, 6) is 0. The maximum Gasteiger partial charge on any atom is 0.110 e. The SMILES string of the molecule is CP(C)(=O)c1ccccc1CCN. The van der Waals surface area contributed by atoms with Gasteiger partial charge in [-0.25, -0.2) is 0 Å². The molecule has 0 aliphatic rings. The number of rotatable bonds is 3. The maximum absolute atomic E-state index is 11.9. The number of benzene rings is 1. The van der Waals surface area contributed by atoms with E-state index in [-0.39, 0.29) is 0 Å². The van der Waals surface area contributed by atoms with Gasteiger partial charge in [0.25, 0.3) is 0 Å². The van der Waals surface area contributed by atoms with Crippen molar-refractivity contribution in [3.8, 4) is 0 Å². The van der Waals surface area contributed by atoms with Crippen molar-refractivity contribution in [2.75, 3.05) is 19.9 Å². The highest BCUT2D eigenvalue weighted by Crippen LogP contribution is 2.35. The molecule has 1 aromatic rings. The molecule has 2 nitrogen and oxygen atoms in total. The average Bonchev–Trinajstić information content (AvgIpc) is 2.04. The minimum absolute atomic E-state index is 0.608. The van der Waals surface area contributed by atoms with Crippen LogP contribution in [0, 0.1) is 0 Å². The van der Waals surface area contributed by atoms with E-state index in [1.54, 1.807) is 13.3 Å². The number of nitrogens with two attached hydrogens (primary N) is 1. The van der Waals surface area contributed by atoms with E-state index in [1.165, 1.54) is 0 Å².